The van der Waals surface area contributed by atoms with Crippen molar-refractivity contribution in [1.82, 2.24) is 15.1 Å². The molecule has 4 heteroatoms. The SMILES string of the molecule is CN(C(=O)CN1CCCC1C1CCCNC1)C1CC1. The van der Waals surface area contributed by atoms with Crippen LogP contribution in [0, 0.1) is 5.92 Å². The third-order valence-electron chi connectivity index (χ3n) is 5.12. The Kier molecular flexibility index (Phi) is 4.08. The highest BCUT2D eigenvalue weighted by molar-refractivity contribution is 5.78. The fourth-order valence-corrected chi connectivity index (χ4v) is 3.74. The molecule has 0 aromatic heterocycles. The molecule has 1 N–H and O–H groups in total. The van der Waals surface area contributed by atoms with Crippen LogP contribution in [0.2, 0.25) is 0 Å². The van der Waals surface area contributed by atoms with Crippen LogP contribution in [0.4, 0.5) is 0 Å². The van der Waals surface area contributed by atoms with Gasteiger partial charge in [0.15, 0.2) is 0 Å². The summed E-state index contributed by atoms with van der Waals surface area (Å²) in [4.78, 5) is 16.7. The Balaban J connectivity index is 1.54. The highest BCUT2D eigenvalue weighted by Crippen LogP contribution is 2.29. The van der Waals surface area contributed by atoms with Gasteiger partial charge in [0, 0.05) is 19.1 Å². The van der Waals surface area contributed by atoms with Gasteiger partial charge in [0.25, 0.3) is 0 Å². The maximum absolute atomic E-state index is 12.3. The average molecular weight is 265 g/mol. The minimum absolute atomic E-state index is 0.332. The summed E-state index contributed by atoms with van der Waals surface area (Å²) in [5.74, 6) is 1.09. The second-order valence-electron chi connectivity index (χ2n) is 6.52. The van der Waals surface area contributed by atoms with Crippen molar-refractivity contribution in [1.29, 1.82) is 0 Å². The van der Waals surface area contributed by atoms with Crippen LogP contribution in [0.1, 0.15) is 38.5 Å². The molecular formula is C15H27N3O. The van der Waals surface area contributed by atoms with Gasteiger partial charge in [-0.3, -0.25) is 9.69 Å². The van der Waals surface area contributed by atoms with Crippen molar-refractivity contribution in [3.05, 3.63) is 0 Å². The maximum atomic E-state index is 12.3. The summed E-state index contributed by atoms with van der Waals surface area (Å²) in [6.45, 7) is 4.08. The molecule has 1 amide bonds. The summed E-state index contributed by atoms with van der Waals surface area (Å²) in [5, 5.41) is 3.51. The Hall–Kier alpha value is -0.610. The van der Waals surface area contributed by atoms with Crippen LogP contribution in [0.5, 0.6) is 0 Å². The minimum Gasteiger partial charge on any atom is -0.342 e. The van der Waals surface area contributed by atoms with Gasteiger partial charge in [-0.05, 0) is 64.1 Å². The lowest BCUT2D eigenvalue weighted by Crippen LogP contribution is -2.47. The first-order chi connectivity index (χ1) is 9.25. The Morgan fingerprint density at radius 2 is 2.11 bits per heavy atom. The number of rotatable bonds is 4. The smallest absolute Gasteiger partial charge is 0.236 e. The van der Waals surface area contributed by atoms with Crippen molar-refractivity contribution in [2.24, 2.45) is 5.92 Å². The molecule has 2 aliphatic heterocycles. The van der Waals surface area contributed by atoms with Gasteiger partial charge >= 0.3 is 0 Å². The van der Waals surface area contributed by atoms with E-state index in [1.54, 1.807) is 0 Å². The number of hydrogen-bond acceptors (Lipinski definition) is 3. The highest BCUT2D eigenvalue weighted by atomic mass is 16.2. The number of piperidine rings is 1. The third-order valence-corrected chi connectivity index (χ3v) is 5.12. The molecule has 19 heavy (non-hydrogen) atoms. The normalized spacial score (nSPS) is 32.5. The highest BCUT2D eigenvalue weighted by Gasteiger charge is 2.35. The Bertz CT molecular complexity index is 323. The van der Waals surface area contributed by atoms with Gasteiger partial charge < -0.3 is 10.2 Å². The third kappa shape index (κ3) is 3.11. The molecule has 2 atom stereocenters. The van der Waals surface area contributed by atoms with Crippen LogP contribution < -0.4 is 5.32 Å². The quantitative estimate of drug-likeness (QED) is 0.826. The number of likely N-dealkylation sites (N-methyl/N-ethyl adjacent to an activating group) is 1. The summed E-state index contributed by atoms with van der Waals surface area (Å²) in [6.07, 6.45) is 7.59. The van der Waals surface area contributed by atoms with Gasteiger partial charge in [0.2, 0.25) is 5.91 Å². The van der Waals surface area contributed by atoms with E-state index in [4.69, 9.17) is 0 Å². The number of amides is 1. The first-order valence-corrected chi connectivity index (χ1v) is 7.96. The Morgan fingerprint density at radius 1 is 1.26 bits per heavy atom. The van der Waals surface area contributed by atoms with Gasteiger partial charge in [0.1, 0.15) is 0 Å². The maximum Gasteiger partial charge on any atom is 0.236 e. The molecule has 3 aliphatic rings. The molecule has 2 saturated heterocycles. The minimum atomic E-state index is 0.332. The van der Waals surface area contributed by atoms with E-state index in [0.29, 0.717) is 24.5 Å². The predicted molar refractivity (Wildman–Crippen MR) is 76.0 cm³/mol. The van der Waals surface area contributed by atoms with Crippen molar-refractivity contribution < 1.29 is 4.79 Å². The summed E-state index contributed by atoms with van der Waals surface area (Å²) in [6, 6.07) is 1.19. The molecule has 108 valence electrons. The molecule has 2 heterocycles. The van der Waals surface area contributed by atoms with Crippen molar-refractivity contribution in [3.63, 3.8) is 0 Å². The van der Waals surface area contributed by atoms with Gasteiger partial charge in [-0.25, -0.2) is 0 Å². The summed E-state index contributed by atoms with van der Waals surface area (Å²) >= 11 is 0. The van der Waals surface area contributed by atoms with Gasteiger partial charge in [-0.15, -0.1) is 0 Å². The lowest BCUT2D eigenvalue weighted by molar-refractivity contribution is -0.132. The molecule has 2 unspecified atom stereocenters. The molecule has 0 radical (unpaired) electrons. The Labute approximate surface area is 116 Å². The zero-order valence-corrected chi connectivity index (χ0v) is 12.1. The molecule has 1 aliphatic carbocycles. The van der Waals surface area contributed by atoms with Crippen LogP contribution in [0.3, 0.4) is 0 Å². The van der Waals surface area contributed by atoms with Crippen LogP contribution in [0.15, 0.2) is 0 Å². The van der Waals surface area contributed by atoms with Gasteiger partial charge in [-0.2, -0.15) is 0 Å². The summed E-state index contributed by atoms with van der Waals surface area (Å²) < 4.78 is 0. The van der Waals surface area contributed by atoms with E-state index >= 15 is 0 Å². The first-order valence-electron chi connectivity index (χ1n) is 7.96. The number of carbonyl (C=O) groups is 1. The van der Waals surface area contributed by atoms with E-state index in [1.165, 1.54) is 45.1 Å². The zero-order valence-electron chi connectivity index (χ0n) is 12.1. The monoisotopic (exact) mass is 265 g/mol. The molecular weight excluding hydrogens is 238 g/mol. The predicted octanol–water partition coefficient (Wildman–Crippen LogP) is 1.07. The number of nitrogens with one attached hydrogen (secondary N) is 1. The number of nitrogens with zero attached hydrogens (tertiary/aromatic N) is 2. The lowest BCUT2D eigenvalue weighted by atomic mass is 9.90. The molecule has 0 aromatic carbocycles. The fraction of sp³-hybridized carbons (Fsp3) is 0.933. The molecule has 4 nitrogen and oxygen atoms in total. The van der Waals surface area contributed by atoms with Crippen molar-refractivity contribution >= 4 is 5.91 Å². The van der Waals surface area contributed by atoms with Gasteiger partial charge in [-0.1, -0.05) is 0 Å². The topological polar surface area (TPSA) is 35.6 Å². The zero-order chi connectivity index (χ0) is 13.2. The number of hydrogen-bond donors (Lipinski definition) is 1. The lowest BCUT2D eigenvalue weighted by Gasteiger charge is -2.34. The Morgan fingerprint density at radius 3 is 2.79 bits per heavy atom. The second kappa shape index (κ2) is 5.80. The number of carbonyl (C=O) groups excluding carboxylic acids is 1. The van der Waals surface area contributed by atoms with E-state index < -0.39 is 0 Å². The van der Waals surface area contributed by atoms with E-state index in [-0.39, 0.29) is 0 Å². The summed E-state index contributed by atoms with van der Waals surface area (Å²) in [5.41, 5.74) is 0. The van der Waals surface area contributed by atoms with Crippen molar-refractivity contribution in [3.8, 4) is 0 Å². The van der Waals surface area contributed by atoms with E-state index in [0.717, 1.165) is 19.0 Å². The van der Waals surface area contributed by atoms with Crippen molar-refractivity contribution in [2.45, 2.75) is 50.6 Å². The average Bonchev–Trinajstić information content (AvgIpc) is 3.19. The van der Waals surface area contributed by atoms with Crippen LogP contribution >= 0.6 is 0 Å². The molecule has 3 fully saturated rings. The van der Waals surface area contributed by atoms with E-state index in [2.05, 4.69) is 10.2 Å². The van der Waals surface area contributed by atoms with Crippen LogP contribution in [-0.2, 0) is 4.79 Å². The second-order valence-corrected chi connectivity index (χ2v) is 6.52. The summed E-state index contributed by atoms with van der Waals surface area (Å²) in [7, 11) is 1.98. The first kappa shape index (κ1) is 13.4. The molecule has 0 aromatic rings. The molecule has 1 saturated carbocycles. The van der Waals surface area contributed by atoms with E-state index in [9.17, 15) is 4.79 Å². The largest absolute Gasteiger partial charge is 0.342 e. The molecule has 0 bridgehead atoms. The van der Waals surface area contributed by atoms with Crippen LogP contribution in [0.25, 0.3) is 0 Å². The van der Waals surface area contributed by atoms with E-state index in [1.807, 2.05) is 11.9 Å². The van der Waals surface area contributed by atoms with Gasteiger partial charge in [0.05, 0.1) is 6.54 Å². The fourth-order valence-electron chi connectivity index (χ4n) is 3.74. The van der Waals surface area contributed by atoms with Crippen LogP contribution in [-0.4, -0.2) is 61.0 Å². The number of likely N-dealkylation sites (tertiary alicyclic amines) is 1. The standard InChI is InChI=1S/C15H27N3O/c1-17(13-6-7-13)15(19)11-18-9-3-5-14(18)12-4-2-8-16-10-12/h12-14,16H,2-11H2,1H3. The molecule has 3 rings (SSSR count). The van der Waals surface area contributed by atoms with Crippen molar-refractivity contribution in [2.75, 3.05) is 33.2 Å². The molecule has 0 spiro atoms.